The van der Waals surface area contributed by atoms with Gasteiger partial charge in [-0.25, -0.2) is 0 Å². The van der Waals surface area contributed by atoms with Crippen molar-refractivity contribution < 1.29 is 0 Å². The lowest BCUT2D eigenvalue weighted by Gasteiger charge is -2.45. The molecule has 0 amide bonds. The first kappa shape index (κ1) is 16.5. The monoisotopic (exact) mass is 309 g/mol. The standard InChI is InChI=1S/C22H31N/c1-3-10-20-15-16-22(21-13-8-5-9-14-21)23(18(20)2)17-19-11-6-4-7-12-19/h3-4,6-7,11-12,15-16,18,20-22H,1,5,8-10,13-14,17H2,2H3/t18-,20+,22-/m0/s1. The van der Waals surface area contributed by atoms with E-state index in [1.807, 2.05) is 0 Å². The molecule has 0 N–H and O–H groups in total. The molecule has 0 bridgehead atoms. The second-order valence-electron chi connectivity index (χ2n) is 7.36. The predicted molar refractivity (Wildman–Crippen MR) is 99.3 cm³/mol. The molecule has 0 saturated heterocycles. The van der Waals surface area contributed by atoms with Gasteiger partial charge in [0.05, 0.1) is 0 Å². The SMILES string of the molecule is C=CC[C@@H]1C=C[C@@H](C2CCCCC2)N(Cc2ccccc2)[C@H]1C. The maximum absolute atomic E-state index is 3.95. The molecule has 0 radical (unpaired) electrons. The molecule has 0 spiro atoms. The number of hydrogen-bond acceptors (Lipinski definition) is 1. The summed E-state index contributed by atoms with van der Waals surface area (Å²) in [5, 5.41) is 0. The van der Waals surface area contributed by atoms with E-state index in [0.29, 0.717) is 18.0 Å². The van der Waals surface area contributed by atoms with E-state index in [4.69, 9.17) is 0 Å². The van der Waals surface area contributed by atoms with E-state index >= 15 is 0 Å². The Labute approximate surface area is 142 Å². The number of benzene rings is 1. The van der Waals surface area contributed by atoms with Crippen LogP contribution in [0.5, 0.6) is 0 Å². The summed E-state index contributed by atoms with van der Waals surface area (Å²) in [6.45, 7) is 7.44. The highest BCUT2D eigenvalue weighted by molar-refractivity contribution is 5.17. The summed E-state index contributed by atoms with van der Waals surface area (Å²) in [6, 6.07) is 12.2. The van der Waals surface area contributed by atoms with Crippen LogP contribution in [0, 0.1) is 11.8 Å². The van der Waals surface area contributed by atoms with E-state index in [0.717, 1.165) is 18.9 Å². The van der Waals surface area contributed by atoms with Crippen LogP contribution in [0.25, 0.3) is 0 Å². The zero-order chi connectivity index (χ0) is 16.1. The van der Waals surface area contributed by atoms with Crippen LogP contribution in [0.15, 0.2) is 55.1 Å². The highest BCUT2D eigenvalue weighted by Gasteiger charge is 2.34. The van der Waals surface area contributed by atoms with Crippen LogP contribution >= 0.6 is 0 Å². The average molecular weight is 309 g/mol. The van der Waals surface area contributed by atoms with Crippen molar-refractivity contribution in [2.75, 3.05) is 0 Å². The van der Waals surface area contributed by atoms with Gasteiger partial charge in [-0.15, -0.1) is 6.58 Å². The zero-order valence-corrected chi connectivity index (χ0v) is 14.5. The van der Waals surface area contributed by atoms with E-state index in [9.17, 15) is 0 Å². The normalized spacial score (nSPS) is 29.5. The quantitative estimate of drug-likeness (QED) is 0.641. The minimum Gasteiger partial charge on any atom is -0.289 e. The van der Waals surface area contributed by atoms with Crippen LogP contribution in [0.4, 0.5) is 0 Å². The Kier molecular flexibility index (Phi) is 5.72. The summed E-state index contributed by atoms with van der Waals surface area (Å²) in [7, 11) is 0. The van der Waals surface area contributed by atoms with Crippen molar-refractivity contribution in [3.8, 4) is 0 Å². The molecule has 1 heteroatoms. The maximum Gasteiger partial charge on any atom is 0.0313 e. The van der Waals surface area contributed by atoms with E-state index in [1.165, 1.54) is 37.7 Å². The highest BCUT2D eigenvalue weighted by Crippen LogP contribution is 2.36. The van der Waals surface area contributed by atoms with Gasteiger partial charge in [0.15, 0.2) is 0 Å². The van der Waals surface area contributed by atoms with Gasteiger partial charge >= 0.3 is 0 Å². The average Bonchev–Trinajstić information content (AvgIpc) is 2.60. The van der Waals surface area contributed by atoms with Gasteiger partial charge in [0.25, 0.3) is 0 Å². The van der Waals surface area contributed by atoms with Crippen LogP contribution in [-0.4, -0.2) is 17.0 Å². The summed E-state index contributed by atoms with van der Waals surface area (Å²) >= 11 is 0. The minimum absolute atomic E-state index is 0.588. The third kappa shape index (κ3) is 3.95. The molecule has 1 fully saturated rings. The predicted octanol–water partition coefficient (Wildman–Crippen LogP) is 5.59. The van der Waals surface area contributed by atoms with Crippen molar-refractivity contribution in [3.63, 3.8) is 0 Å². The molecule has 23 heavy (non-hydrogen) atoms. The Morgan fingerprint density at radius 2 is 1.83 bits per heavy atom. The first-order chi connectivity index (χ1) is 11.3. The van der Waals surface area contributed by atoms with Gasteiger partial charge in [-0.2, -0.15) is 0 Å². The zero-order valence-electron chi connectivity index (χ0n) is 14.5. The van der Waals surface area contributed by atoms with Gasteiger partial charge in [0.1, 0.15) is 0 Å². The summed E-state index contributed by atoms with van der Waals surface area (Å²) in [5.41, 5.74) is 1.44. The largest absolute Gasteiger partial charge is 0.289 e. The lowest BCUT2D eigenvalue weighted by molar-refractivity contribution is 0.0714. The molecule has 1 aromatic rings. The molecule has 1 heterocycles. The molecular formula is C22H31N. The Morgan fingerprint density at radius 3 is 2.52 bits per heavy atom. The highest BCUT2D eigenvalue weighted by atomic mass is 15.2. The topological polar surface area (TPSA) is 3.24 Å². The molecule has 2 aliphatic rings. The van der Waals surface area contributed by atoms with Crippen molar-refractivity contribution in [1.29, 1.82) is 0 Å². The van der Waals surface area contributed by atoms with Crippen LogP contribution in [0.2, 0.25) is 0 Å². The molecule has 1 aliphatic carbocycles. The number of nitrogens with zero attached hydrogens (tertiary/aromatic N) is 1. The molecule has 3 rings (SSSR count). The van der Waals surface area contributed by atoms with Gasteiger partial charge in [-0.3, -0.25) is 4.90 Å². The number of rotatable bonds is 5. The Balaban J connectivity index is 1.81. The Hall–Kier alpha value is -1.34. The molecule has 124 valence electrons. The van der Waals surface area contributed by atoms with Gasteiger partial charge in [0.2, 0.25) is 0 Å². The molecule has 0 aromatic heterocycles. The van der Waals surface area contributed by atoms with Crippen LogP contribution < -0.4 is 0 Å². The van der Waals surface area contributed by atoms with Crippen LogP contribution in [0.3, 0.4) is 0 Å². The van der Waals surface area contributed by atoms with Crippen molar-refractivity contribution in [2.24, 2.45) is 11.8 Å². The van der Waals surface area contributed by atoms with E-state index in [2.05, 4.69) is 67.0 Å². The van der Waals surface area contributed by atoms with Gasteiger partial charge < -0.3 is 0 Å². The van der Waals surface area contributed by atoms with Crippen molar-refractivity contribution in [1.82, 2.24) is 4.90 Å². The summed E-state index contributed by atoms with van der Waals surface area (Å²) in [5.74, 6) is 1.45. The van der Waals surface area contributed by atoms with Crippen molar-refractivity contribution >= 4 is 0 Å². The van der Waals surface area contributed by atoms with Crippen molar-refractivity contribution in [2.45, 2.75) is 64.1 Å². The minimum atomic E-state index is 0.588. The summed E-state index contributed by atoms with van der Waals surface area (Å²) in [6.07, 6.45) is 15.2. The van der Waals surface area contributed by atoms with E-state index < -0.39 is 0 Å². The number of allylic oxidation sites excluding steroid dienone is 1. The third-order valence-corrected chi connectivity index (χ3v) is 5.86. The van der Waals surface area contributed by atoms with E-state index in [-0.39, 0.29) is 0 Å². The van der Waals surface area contributed by atoms with E-state index in [1.54, 1.807) is 0 Å². The molecule has 1 aliphatic heterocycles. The third-order valence-electron chi connectivity index (χ3n) is 5.86. The Bertz CT molecular complexity index is 512. The summed E-state index contributed by atoms with van der Waals surface area (Å²) in [4.78, 5) is 2.76. The fourth-order valence-electron chi connectivity index (χ4n) is 4.46. The second kappa shape index (κ2) is 7.97. The molecular weight excluding hydrogens is 278 g/mol. The first-order valence-corrected chi connectivity index (χ1v) is 9.38. The van der Waals surface area contributed by atoms with Crippen LogP contribution in [-0.2, 0) is 6.54 Å². The fourth-order valence-corrected chi connectivity index (χ4v) is 4.46. The Morgan fingerprint density at radius 1 is 1.09 bits per heavy atom. The molecule has 3 atom stereocenters. The number of hydrogen-bond donors (Lipinski definition) is 0. The molecule has 1 saturated carbocycles. The molecule has 1 nitrogen and oxygen atoms in total. The molecule has 1 aromatic carbocycles. The second-order valence-corrected chi connectivity index (χ2v) is 7.36. The summed E-state index contributed by atoms with van der Waals surface area (Å²) < 4.78 is 0. The van der Waals surface area contributed by atoms with Gasteiger partial charge in [-0.05, 0) is 43.6 Å². The van der Waals surface area contributed by atoms with Gasteiger partial charge in [0, 0.05) is 18.6 Å². The lowest BCUT2D eigenvalue weighted by Crippen LogP contribution is -2.49. The van der Waals surface area contributed by atoms with Crippen molar-refractivity contribution in [3.05, 3.63) is 60.7 Å². The van der Waals surface area contributed by atoms with Gasteiger partial charge in [-0.1, -0.05) is 67.8 Å². The maximum atomic E-state index is 3.95. The smallest absolute Gasteiger partial charge is 0.0313 e. The molecule has 0 unspecified atom stereocenters. The lowest BCUT2D eigenvalue weighted by atomic mass is 9.79. The fraction of sp³-hybridized carbons (Fsp3) is 0.545. The first-order valence-electron chi connectivity index (χ1n) is 9.38. The van der Waals surface area contributed by atoms with Crippen LogP contribution in [0.1, 0.15) is 51.0 Å².